The molecule has 0 aliphatic carbocycles. The number of anilines is 1. The molecule has 1 amide bonds. The highest BCUT2D eigenvalue weighted by molar-refractivity contribution is 5.98. The Bertz CT molecular complexity index is 530. The van der Waals surface area contributed by atoms with Crippen LogP contribution in [0.1, 0.15) is 6.92 Å². The summed E-state index contributed by atoms with van der Waals surface area (Å²) in [7, 11) is 0. The number of nitrogens with one attached hydrogen (secondary N) is 2. The summed E-state index contributed by atoms with van der Waals surface area (Å²) in [5.41, 5.74) is 0.923. The molecule has 0 bridgehead atoms. The maximum absolute atomic E-state index is 11.3. The topological polar surface area (TPSA) is 70.7 Å². The van der Waals surface area contributed by atoms with Crippen LogP contribution in [0.4, 0.5) is 5.95 Å². The molecule has 1 aromatic carbocycles. The monoisotopic (exact) mass is 228 g/mol. The van der Waals surface area contributed by atoms with E-state index in [4.69, 9.17) is 0 Å². The molecule has 0 aliphatic heterocycles. The second kappa shape index (κ2) is 5.07. The Morgan fingerprint density at radius 3 is 2.82 bits per heavy atom. The molecular formula is C12H12N4O. The summed E-state index contributed by atoms with van der Waals surface area (Å²) in [5, 5.41) is 9.24. The van der Waals surface area contributed by atoms with Gasteiger partial charge in [0.2, 0.25) is 11.9 Å². The third-order valence-electron chi connectivity index (χ3n) is 2.09. The lowest BCUT2D eigenvalue weighted by Gasteiger charge is -1.94. The molecule has 2 rings (SSSR count). The molecule has 2 N–H and O–H groups in total. The number of nitrogens with zero attached hydrogens (tertiary/aromatic N) is 2. The predicted molar refractivity (Wildman–Crippen MR) is 65.3 cm³/mol. The zero-order valence-electron chi connectivity index (χ0n) is 9.34. The zero-order valence-corrected chi connectivity index (χ0v) is 9.34. The highest BCUT2D eigenvalue weighted by Crippen LogP contribution is 2.14. The Balaban J connectivity index is 2.14. The van der Waals surface area contributed by atoms with E-state index >= 15 is 0 Å². The summed E-state index contributed by atoms with van der Waals surface area (Å²) < 4.78 is 0. The van der Waals surface area contributed by atoms with Crippen LogP contribution >= 0.6 is 0 Å². The number of carbonyl (C=O) groups is 1. The first-order valence-electron chi connectivity index (χ1n) is 5.21. The number of carbonyl (C=O) groups excluding carboxylic acids is 1. The molecule has 0 aliphatic rings. The van der Waals surface area contributed by atoms with Crippen molar-refractivity contribution < 1.29 is 4.79 Å². The fourth-order valence-corrected chi connectivity index (χ4v) is 1.35. The lowest BCUT2D eigenvalue weighted by Crippen LogP contribution is -2.08. The van der Waals surface area contributed by atoms with Gasteiger partial charge in [0, 0.05) is 5.56 Å². The van der Waals surface area contributed by atoms with E-state index in [1.807, 2.05) is 30.3 Å². The zero-order chi connectivity index (χ0) is 12.1. The first kappa shape index (κ1) is 11.1. The lowest BCUT2D eigenvalue weighted by molar-refractivity contribution is -0.111. The molecule has 0 atom stereocenters. The maximum Gasteiger partial charge on any atom is 0.250 e. The molecule has 0 saturated heterocycles. The number of hydrogen-bond donors (Lipinski definition) is 2. The Kier molecular flexibility index (Phi) is 3.30. The molecule has 0 fully saturated rings. The van der Waals surface area contributed by atoms with E-state index in [1.165, 1.54) is 6.08 Å². The summed E-state index contributed by atoms with van der Waals surface area (Å²) in [6, 6.07) is 9.58. The standard InChI is InChI=1S/C12H12N4O/c1-2-6-10(17)13-12-14-11(15-16-12)9-7-4-3-5-8-9/h2-8H,1H3,(H2,13,14,15,16,17)/b6-2+. The van der Waals surface area contributed by atoms with Gasteiger partial charge in [0.25, 0.3) is 0 Å². The third kappa shape index (κ3) is 2.78. The van der Waals surface area contributed by atoms with Crippen molar-refractivity contribution in [3.63, 3.8) is 0 Å². The molecule has 5 heteroatoms. The Morgan fingerprint density at radius 2 is 2.12 bits per heavy atom. The minimum atomic E-state index is -0.244. The lowest BCUT2D eigenvalue weighted by atomic mass is 10.2. The molecule has 0 unspecified atom stereocenters. The number of hydrogen-bond acceptors (Lipinski definition) is 3. The third-order valence-corrected chi connectivity index (χ3v) is 2.09. The molecule has 17 heavy (non-hydrogen) atoms. The first-order valence-corrected chi connectivity index (χ1v) is 5.21. The number of rotatable bonds is 3. The number of aromatic amines is 1. The first-order chi connectivity index (χ1) is 8.29. The molecule has 0 radical (unpaired) electrons. The Labute approximate surface area is 98.6 Å². The van der Waals surface area contributed by atoms with Crippen molar-refractivity contribution in [3.05, 3.63) is 42.5 Å². The van der Waals surface area contributed by atoms with Crippen LogP contribution < -0.4 is 5.32 Å². The van der Waals surface area contributed by atoms with Crippen LogP contribution in [0.2, 0.25) is 0 Å². The highest BCUT2D eigenvalue weighted by Gasteiger charge is 2.06. The molecule has 2 aromatic rings. The second-order valence-corrected chi connectivity index (χ2v) is 3.36. The van der Waals surface area contributed by atoms with Gasteiger partial charge >= 0.3 is 0 Å². The van der Waals surface area contributed by atoms with Gasteiger partial charge in [-0.3, -0.25) is 15.2 Å². The van der Waals surface area contributed by atoms with Gasteiger partial charge in [-0.05, 0) is 13.0 Å². The second-order valence-electron chi connectivity index (χ2n) is 3.36. The van der Waals surface area contributed by atoms with Crippen LogP contribution in [0.5, 0.6) is 0 Å². The number of allylic oxidation sites excluding steroid dienone is 1. The van der Waals surface area contributed by atoms with Crippen LogP contribution in [-0.4, -0.2) is 21.1 Å². The van der Waals surface area contributed by atoms with Crippen LogP contribution in [0.3, 0.4) is 0 Å². The van der Waals surface area contributed by atoms with Crippen molar-refractivity contribution in [2.45, 2.75) is 6.92 Å². The minimum Gasteiger partial charge on any atom is -0.290 e. The molecule has 86 valence electrons. The fourth-order valence-electron chi connectivity index (χ4n) is 1.35. The Hall–Kier alpha value is -2.43. The Morgan fingerprint density at radius 1 is 1.35 bits per heavy atom. The van der Waals surface area contributed by atoms with Crippen molar-refractivity contribution in [2.24, 2.45) is 0 Å². The van der Waals surface area contributed by atoms with Crippen LogP contribution in [0.25, 0.3) is 11.4 Å². The summed E-state index contributed by atoms with van der Waals surface area (Å²) in [6.07, 6.45) is 3.07. The van der Waals surface area contributed by atoms with Gasteiger partial charge < -0.3 is 0 Å². The summed E-state index contributed by atoms with van der Waals surface area (Å²) in [4.78, 5) is 15.4. The molecule has 0 saturated carbocycles. The van der Waals surface area contributed by atoms with Crippen LogP contribution in [-0.2, 0) is 4.79 Å². The predicted octanol–water partition coefficient (Wildman–Crippen LogP) is 1.99. The van der Waals surface area contributed by atoms with E-state index in [0.29, 0.717) is 5.82 Å². The summed E-state index contributed by atoms with van der Waals surface area (Å²) in [6.45, 7) is 1.77. The van der Waals surface area contributed by atoms with Crippen molar-refractivity contribution in [1.29, 1.82) is 0 Å². The fraction of sp³-hybridized carbons (Fsp3) is 0.0833. The molecule has 5 nitrogen and oxygen atoms in total. The van der Waals surface area contributed by atoms with Crippen LogP contribution in [0, 0.1) is 0 Å². The van der Waals surface area contributed by atoms with E-state index in [1.54, 1.807) is 13.0 Å². The van der Waals surface area contributed by atoms with E-state index < -0.39 is 0 Å². The highest BCUT2D eigenvalue weighted by atomic mass is 16.1. The van der Waals surface area contributed by atoms with Gasteiger partial charge in [-0.1, -0.05) is 36.4 Å². The van der Waals surface area contributed by atoms with E-state index in [2.05, 4.69) is 20.5 Å². The van der Waals surface area contributed by atoms with Gasteiger partial charge in [-0.25, -0.2) is 0 Å². The quantitative estimate of drug-likeness (QED) is 0.789. The molecular weight excluding hydrogens is 216 g/mol. The van der Waals surface area contributed by atoms with Gasteiger partial charge in [-0.15, -0.1) is 5.10 Å². The van der Waals surface area contributed by atoms with Gasteiger partial charge in [0.05, 0.1) is 0 Å². The average molecular weight is 228 g/mol. The summed E-state index contributed by atoms with van der Waals surface area (Å²) in [5.74, 6) is 0.652. The van der Waals surface area contributed by atoms with Crippen molar-refractivity contribution >= 4 is 11.9 Å². The van der Waals surface area contributed by atoms with Crippen LogP contribution in [0.15, 0.2) is 42.5 Å². The van der Waals surface area contributed by atoms with E-state index in [-0.39, 0.29) is 11.9 Å². The van der Waals surface area contributed by atoms with E-state index in [0.717, 1.165) is 5.56 Å². The normalized spacial score (nSPS) is 10.6. The molecule has 0 spiro atoms. The average Bonchev–Trinajstić information content (AvgIpc) is 2.79. The largest absolute Gasteiger partial charge is 0.290 e. The molecule has 1 heterocycles. The van der Waals surface area contributed by atoms with Crippen molar-refractivity contribution in [1.82, 2.24) is 15.2 Å². The summed E-state index contributed by atoms with van der Waals surface area (Å²) >= 11 is 0. The van der Waals surface area contributed by atoms with Gasteiger partial charge in [0.15, 0.2) is 5.82 Å². The van der Waals surface area contributed by atoms with Crippen molar-refractivity contribution in [2.75, 3.05) is 5.32 Å². The smallest absolute Gasteiger partial charge is 0.250 e. The van der Waals surface area contributed by atoms with E-state index in [9.17, 15) is 4.79 Å². The van der Waals surface area contributed by atoms with Crippen molar-refractivity contribution in [3.8, 4) is 11.4 Å². The number of H-pyrrole nitrogens is 1. The van der Waals surface area contributed by atoms with Gasteiger partial charge in [-0.2, -0.15) is 4.98 Å². The number of benzene rings is 1. The maximum atomic E-state index is 11.3. The van der Waals surface area contributed by atoms with Gasteiger partial charge in [0.1, 0.15) is 0 Å². The number of aromatic nitrogens is 3. The minimum absolute atomic E-state index is 0.244. The number of amides is 1. The SMILES string of the molecule is C/C=C/C(=O)Nc1n[nH]c(-c2ccccc2)n1. The molecule has 1 aromatic heterocycles.